The molecule has 3 aromatic rings. The molecule has 2 heterocycles. The Morgan fingerprint density at radius 1 is 1.19 bits per heavy atom. The number of rotatable bonds is 4. The van der Waals surface area contributed by atoms with Crippen LogP contribution >= 0.6 is 11.3 Å². The second kappa shape index (κ2) is 5.69. The largest absolute Gasteiger partial charge is 0.477 e. The normalized spacial score (nSPS) is 11.0. The topological polar surface area (TPSA) is 61.0 Å². The minimum absolute atomic E-state index is 0.550. The van der Waals surface area contributed by atoms with E-state index in [0.717, 1.165) is 27.9 Å². The van der Waals surface area contributed by atoms with E-state index in [1.807, 2.05) is 24.3 Å². The lowest BCUT2D eigenvalue weighted by atomic mass is 10.1. The van der Waals surface area contributed by atoms with Gasteiger partial charge in [0.05, 0.1) is 12.0 Å². The summed E-state index contributed by atoms with van der Waals surface area (Å²) in [6, 6.07) is 7.85. The molecule has 0 spiro atoms. The number of nitrogens with zero attached hydrogens (tertiary/aromatic N) is 2. The first-order valence-corrected chi connectivity index (χ1v) is 7.65. The molecule has 0 unspecified atom stereocenters. The number of benzene rings is 1. The molecule has 0 saturated carbocycles. The Balaban J connectivity index is 1.78. The molecule has 0 amide bonds. The quantitative estimate of drug-likeness (QED) is 0.749. The summed E-state index contributed by atoms with van der Waals surface area (Å²) in [5.74, 6) is 0.663. The molecule has 0 aliphatic carbocycles. The zero-order chi connectivity index (χ0) is 14.8. The molecule has 4 nitrogen and oxygen atoms in total. The number of hydrogen-bond acceptors (Lipinski definition) is 5. The zero-order valence-electron chi connectivity index (χ0n) is 12.1. The molecule has 2 N–H and O–H groups in total. The van der Waals surface area contributed by atoms with Crippen LogP contribution in [0.4, 0.5) is 5.69 Å². The molecule has 5 heteroatoms. The van der Waals surface area contributed by atoms with Gasteiger partial charge in [-0.3, -0.25) is 0 Å². The third kappa shape index (κ3) is 2.69. The van der Waals surface area contributed by atoms with Crippen LogP contribution in [0.25, 0.3) is 10.2 Å². The highest BCUT2D eigenvalue weighted by molar-refractivity contribution is 7.18. The number of hydrogen-bond donors (Lipinski definition) is 1. The summed E-state index contributed by atoms with van der Waals surface area (Å²) in [7, 11) is 0. The number of para-hydroxylation sites is 1. The van der Waals surface area contributed by atoms with Crippen LogP contribution in [0.1, 0.15) is 16.0 Å². The minimum Gasteiger partial charge on any atom is -0.477 e. The van der Waals surface area contributed by atoms with Gasteiger partial charge in [-0.1, -0.05) is 18.2 Å². The predicted octanol–water partition coefficient (Wildman–Crippen LogP) is 3.51. The third-order valence-electron chi connectivity index (χ3n) is 3.60. The first-order valence-electron chi connectivity index (χ1n) is 6.83. The van der Waals surface area contributed by atoms with Gasteiger partial charge >= 0.3 is 0 Å². The van der Waals surface area contributed by atoms with Gasteiger partial charge in [-0.2, -0.15) is 0 Å². The molecular formula is C16H17N3OS. The lowest BCUT2D eigenvalue weighted by Gasteiger charge is -2.08. The van der Waals surface area contributed by atoms with E-state index in [1.165, 1.54) is 10.4 Å². The van der Waals surface area contributed by atoms with Crippen LogP contribution in [0, 0.1) is 13.8 Å². The van der Waals surface area contributed by atoms with E-state index in [0.29, 0.717) is 12.5 Å². The van der Waals surface area contributed by atoms with Crippen LogP contribution in [0.3, 0.4) is 0 Å². The lowest BCUT2D eigenvalue weighted by Crippen LogP contribution is -2.05. The van der Waals surface area contributed by atoms with Crippen LogP contribution in [0.2, 0.25) is 0 Å². The van der Waals surface area contributed by atoms with Crippen molar-refractivity contribution >= 4 is 27.2 Å². The summed E-state index contributed by atoms with van der Waals surface area (Å²) in [6.07, 6.45) is 2.32. The highest BCUT2D eigenvalue weighted by Gasteiger charge is 2.12. The monoisotopic (exact) mass is 299 g/mol. The van der Waals surface area contributed by atoms with E-state index in [-0.39, 0.29) is 0 Å². The van der Waals surface area contributed by atoms with Crippen molar-refractivity contribution in [1.82, 2.24) is 9.97 Å². The van der Waals surface area contributed by atoms with Gasteiger partial charge in [0.15, 0.2) is 0 Å². The number of aryl methyl sites for hydroxylation is 2. The summed E-state index contributed by atoms with van der Waals surface area (Å²) >= 11 is 1.67. The molecule has 0 bridgehead atoms. The summed E-state index contributed by atoms with van der Waals surface area (Å²) in [6.45, 7) is 4.73. The van der Waals surface area contributed by atoms with Crippen molar-refractivity contribution in [3.05, 3.63) is 46.6 Å². The van der Waals surface area contributed by atoms with Gasteiger partial charge in [-0.25, -0.2) is 9.97 Å². The molecule has 21 heavy (non-hydrogen) atoms. The molecule has 108 valence electrons. The third-order valence-corrected chi connectivity index (χ3v) is 4.71. The molecule has 1 aromatic carbocycles. The summed E-state index contributed by atoms with van der Waals surface area (Å²) < 4.78 is 5.87. The van der Waals surface area contributed by atoms with Gasteiger partial charge in [0.25, 0.3) is 0 Å². The highest BCUT2D eigenvalue weighted by atomic mass is 32.1. The second-order valence-corrected chi connectivity index (χ2v) is 6.14. The number of fused-ring (bicyclic) bond motifs is 1. The van der Waals surface area contributed by atoms with E-state index in [4.69, 9.17) is 10.5 Å². The molecular weight excluding hydrogens is 282 g/mol. The fourth-order valence-corrected chi connectivity index (χ4v) is 3.27. The number of nitrogen functional groups attached to an aromatic ring is 1. The average Bonchev–Trinajstić information content (AvgIpc) is 2.77. The van der Waals surface area contributed by atoms with Crippen LogP contribution in [-0.2, 0) is 6.42 Å². The Morgan fingerprint density at radius 2 is 2.00 bits per heavy atom. The van der Waals surface area contributed by atoms with E-state index < -0.39 is 0 Å². The van der Waals surface area contributed by atoms with E-state index in [1.54, 1.807) is 17.7 Å². The number of anilines is 1. The van der Waals surface area contributed by atoms with Crippen LogP contribution < -0.4 is 10.5 Å². The Morgan fingerprint density at radius 3 is 2.81 bits per heavy atom. The standard InChI is InChI=1S/C16H17N3OS/c1-10-11(2)21-16-14(10)15(18-9-19-16)20-8-7-12-5-3-4-6-13(12)17/h3-6,9H,7-8,17H2,1-2H3. The molecule has 0 aliphatic rings. The fraction of sp³-hybridized carbons (Fsp3) is 0.250. The number of ether oxygens (including phenoxy) is 1. The van der Waals surface area contributed by atoms with E-state index in [2.05, 4.69) is 23.8 Å². The Labute approximate surface area is 127 Å². The van der Waals surface area contributed by atoms with Crippen LogP contribution in [0.15, 0.2) is 30.6 Å². The van der Waals surface area contributed by atoms with Gasteiger partial charge in [0.1, 0.15) is 11.2 Å². The Hall–Kier alpha value is -2.14. The SMILES string of the molecule is Cc1sc2ncnc(OCCc3ccccc3N)c2c1C. The molecule has 0 saturated heterocycles. The lowest BCUT2D eigenvalue weighted by molar-refractivity contribution is 0.313. The van der Waals surface area contributed by atoms with E-state index in [9.17, 15) is 0 Å². The van der Waals surface area contributed by atoms with Crippen molar-refractivity contribution in [2.75, 3.05) is 12.3 Å². The molecule has 0 fully saturated rings. The van der Waals surface area contributed by atoms with Gasteiger partial charge in [0, 0.05) is 17.0 Å². The van der Waals surface area contributed by atoms with Crippen molar-refractivity contribution in [2.45, 2.75) is 20.3 Å². The van der Waals surface area contributed by atoms with Crippen molar-refractivity contribution < 1.29 is 4.74 Å². The molecule has 2 aromatic heterocycles. The van der Waals surface area contributed by atoms with Crippen molar-refractivity contribution in [1.29, 1.82) is 0 Å². The molecule has 3 rings (SSSR count). The van der Waals surface area contributed by atoms with Gasteiger partial charge < -0.3 is 10.5 Å². The predicted molar refractivity (Wildman–Crippen MR) is 86.9 cm³/mol. The van der Waals surface area contributed by atoms with Crippen molar-refractivity contribution in [3.8, 4) is 5.88 Å². The van der Waals surface area contributed by atoms with Crippen LogP contribution in [-0.4, -0.2) is 16.6 Å². The van der Waals surface area contributed by atoms with Crippen molar-refractivity contribution in [2.24, 2.45) is 0 Å². The smallest absolute Gasteiger partial charge is 0.225 e. The zero-order valence-corrected chi connectivity index (χ0v) is 12.9. The molecule has 0 aliphatic heterocycles. The summed E-state index contributed by atoms with van der Waals surface area (Å²) in [5.41, 5.74) is 9.04. The minimum atomic E-state index is 0.550. The Bertz CT molecular complexity index is 782. The van der Waals surface area contributed by atoms with Gasteiger partial charge in [-0.15, -0.1) is 11.3 Å². The number of aromatic nitrogens is 2. The first kappa shape index (κ1) is 13.8. The number of thiophene rings is 1. The molecule has 0 atom stereocenters. The fourth-order valence-electron chi connectivity index (χ4n) is 2.28. The van der Waals surface area contributed by atoms with Crippen molar-refractivity contribution in [3.63, 3.8) is 0 Å². The molecule has 0 radical (unpaired) electrons. The van der Waals surface area contributed by atoms with Gasteiger partial charge in [-0.05, 0) is 31.0 Å². The Kier molecular flexibility index (Phi) is 3.75. The second-order valence-electron chi connectivity index (χ2n) is 4.94. The van der Waals surface area contributed by atoms with Gasteiger partial charge in [0.2, 0.25) is 5.88 Å². The maximum Gasteiger partial charge on any atom is 0.225 e. The van der Waals surface area contributed by atoms with Crippen LogP contribution in [0.5, 0.6) is 5.88 Å². The average molecular weight is 299 g/mol. The van der Waals surface area contributed by atoms with E-state index >= 15 is 0 Å². The maximum absolute atomic E-state index is 5.94. The first-order chi connectivity index (χ1) is 10.2. The summed E-state index contributed by atoms with van der Waals surface area (Å²) in [4.78, 5) is 10.8. The number of nitrogens with two attached hydrogens (primary N) is 1. The highest BCUT2D eigenvalue weighted by Crippen LogP contribution is 2.33. The summed E-state index contributed by atoms with van der Waals surface area (Å²) in [5, 5.41) is 1.03. The maximum atomic E-state index is 5.94.